The predicted molar refractivity (Wildman–Crippen MR) is 53.4 cm³/mol. The van der Waals surface area contributed by atoms with E-state index in [9.17, 15) is 9.59 Å². The van der Waals surface area contributed by atoms with Crippen LogP contribution in [0.5, 0.6) is 0 Å². The number of rotatable bonds is 5. The van der Waals surface area contributed by atoms with Gasteiger partial charge in [-0.3, -0.25) is 9.59 Å². The maximum atomic E-state index is 11.4. The fourth-order valence-corrected chi connectivity index (χ4v) is 1.13. The summed E-state index contributed by atoms with van der Waals surface area (Å²) in [7, 11) is 0. The number of nitrogens with one attached hydrogen (secondary N) is 1. The van der Waals surface area contributed by atoms with Crippen LogP contribution < -0.4 is 5.32 Å². The van der Waals surface area contributed by atoms with Crippen LogP contribution in [0.1, 0.15) is 20.3 Å². The molecule has 1 fully saturated rings. The highest BCUT2D eigenvalue weighted by molar-refractivity contribution is 5.78. The molecule has 15 heavy (non-hydrogen) atoms. The van der Waals surface area contributed by atoms with E-state index in [0.29, 0.717) is 25.6 Å². The summed E-state index contributed by atoms with van der Waals surface area (Å²) in [6.07, 6.45) is 0.426. The highest BCUT2D eigenvalue weighted by Gasteiger charge is 2.28. The zero-order chi connectivity index (χ0) is 11.5. The van der Waals surface area contributed by atoms with Crippen LogP contribution in [0.15, 0.2) is 0 Å². The molecule has 1 aliphatic rings. The number of hydrogen-bond acceptors (Lipinski definition) is 3. The average molecular weight is 215 g/mol. The number of carboxylic acid groups (broad SMARTS) is 1. The summed E-state index contributed by atoms with van der Waals surface area (Å²) in [6.45, 7) is 4.60. The Morgan fingerprint density at radius 2 is 2.07 bits per heavy atom. The number of aliphatic carboxylic acids is 1. The molecule has 5 heteroatoms. The first kappa shape index (κ1) is 12.0. The van der Waals surface area contributed by atoms with Gasteiger partial charge in [-0.1, -0.05) is 0 Å². The van der Waals surface area contributed by atoms with Gasteiger partial charge in [0.2, 0.25) is 5.91 Å². The van der Waals surface area contributed by atoms with E-state index < -0.39 is 11.4 Å². The fourth-order valence-electron chi connectivity index (χ4n) is 1.13. The summed E-state index contributed by atoms with van der Waals surface area (Å²) in [5.41, 5.74) is -0.911. The molecule has 86 valence electrons. The second-order valence-electron chi connectivity index (χ2n) is 4.57. The van der Waals surface area contributed by atoms with Crippen LogP contribution in [0, 0.1) is 11.3 Å². The summed E-state index contributed by atoms with van der Waals surface area (Å²) in [4.78, 5) is 22.1. The van der Waals surface area contributed by atoms with Gasteiger partial charge in [0.15, 0.2) is 0 Å². The Balaban J connectivity index is 2.23. The topological polar surface area (TPSA) is 75.6 Å². The molecule has 0 spiro atoms. The van der Waals surface area contributed by atoms with Crippen molar-refractivity contribution in [3.63, 3.8) is 0 Å². The zero-order valence-electron chi connectivity index (χ0n) is 9.08. The number of hydrogen-bond donors (Lipinski definition) is 2. The van der Waals surface area contributed by atoms with E-state index in [4.69, 9.17) is 9.84 Å². The number of carbonyl (C=O) groups is 2. The van der Waals surface area contributed by atoms with Gasteiger partial charge in [0.25, 0.3) is 0 Å². The Hall–Kier alpha value is -1.10. The van der Waals surface area contributed by atoms with Crippen molar-refractivity contribution in [3.05, 3.63) is 0 Å². The molecule has 1 saturated heterocycles. The van der Waals surface area contributed by atoms with Crippen molar-refractivity contribution >= 4 is 11.9 Å². The Morgan fingerprint density at radius 1 is 1.47 bits per heavy atom. The highest BCUT2D eigenvalue weighted by Crippen LogP contribution is 2.15. The number of carbonyl (C=O) groups excluding carboxylic acids is 1. The summed E-state index contributed by atoms with van der Waals surface area (Å²) < 4.78 is 4.95. The van der Waals surface area contributed by atoms with Crippen molar-refractivity contribution in [2.45, 2.75) is 20.3 Å². The second kappa shape index (κ2) is 4.61. The van der Waals surface area contributed by atoms with Gasteiger partial charge in [0, 0.05) is 18.9 Å². The highest BCUT2D eigenvalue weighted by atomic mass is 16.5. The molecular formula is C10H17NO4. The monoisotopic (exact) mass is 215 g/mol. The molecule has 1 amide bonds. The maximum Gasteiger partial charge on any atom is 0.310 e. The minimum atomic E-state index is -0.911. The second-order valence-corrected chi connectivity index (χ2v) is 4.57. The first-order valence-corrected chi connectivity index (χ1v) is 4.99. The van der Waals surface area contributed by atoms with Gasteiger partial charge < -0.3 is 15.2 Å². The van der Waals surface area contributed by atoms with Crippen molar-refractivity contribution in [1.29, 1.82) is 0 Å². The Labute approximate surface area is 88.8 Å². The quantitative estimate of drug-likeness (QED) is 0.689. The molecular weight excluding hydrogens is 198 g/mol. The summed E-state index contributed by atoms with van der Waals surface area (Å²) in [5, 5.41) is 11.5. The average Bonchev–Trinajstić information content (AvgIpc) is 2.08. The van der Waals surface area contributed by atoms with E-state index in [0.717, 1.165) is 0 Å². The number of ether oxygens (including phenoxy) is 1. The van der Waals surface area contributed by atoms with E-state index in [2.05, 4.69) is 5.32 Å². The predicted octanol–water partition coefficient (Wildman–Crippen LogP) is 0.250. The lowest BCUT2D eigenvalue weighted by atomic mass is 9.93. The van der Waals surface area contributed by atoms with Crippen molar-refractivity contribution in [1.82, 2.24) is 5.32 Å². The van der Waals surface area contributed by atoms with Gasteiger partial charge in [-0.05, 0) is 13.8 Å². The SMILES string of the molecule is CC(C)(CNC(=O)CC1COC1)C(=O)O. The van der Waals surface area contributed by atoms with E-state index in [1.54, 1.807) is 13.8 Å². The van der Waals surface area contributed by atoms with Gasteiger partial charge in [-0.2, -0.15) is 0 Å². The standard InChI is InChI=1S/C10H17NO4/c1-10(2,9(13)14)6-11-8(12)3-7-4-15-5-7/h7H,3-6H2,1-2H3,(H,11,12)(H,13,14). The van der Waals surface area contributed by atoms with Gasteiger partial charge in [0.05, 0.1) is 18.6 Å². The molecule has 0 saturated carbocycles. The van der Waals surface area contributed by atoms with E-state index in [-0.39, 0.29) is 12.5 Å². The molecule has 0 unspecified atom stereocenters. The first-order valence-electron chi connectivity index (χ1n) is 4.99. The summed E-state index contributed by atoms with van der Waals surface area (Å²) in [5.74, 6) is -0.703. The minimum Gasteiger partial charge on any atom is -0.481 e. The lowest BCUT2D eigenvalue weighted by Gasteiger charge is -2.26. The third kappa shape index (κ3) is 3.51. The van der Waals surface area contributed by atoms with Crippen LogP contribution in [-0.2, 0) is 14.3 Å². The van der Waals surface area contributed by atoms with Crippen LogP contribution in [0.2, 0.25) is 0 Å². The van der Waals surface area contributed by atoms with E-state index >= 15 is 0 Å². The molecule has 0 aromatic heterocycles. The van der Waals surface area contributed by atoms with Crippen molar-refractivity contribution in [2.75, 3.05) is 19.8 Å². The fraction of sp³-hybridized carbons (Fsp3) is 0.800. The molecule has 0 aromatic rings. The van der Waals surface area contributed by atoms with Crippen LogP contribution >= 0.6 is 0 Å². The third-order valence-electron chi connectivity index (χ3n) is 2.49. The van der Waals surface area contributed by atoms with Crippen LogP contribution in [-0.4, -0.2) is 36.7 Å². The molecule has 1 aliphatic heterocycles. The van der Waals surface area contributed by atoms with Crippen LogP contribution in [0.25, 0.3) is 0 Å². The lowest BCUT2D eigenvalue weighted by Crippen LogP contribution is -2.41. The maximum absolute atomic E-state index is 11.4. The van der Waals surface area contributed by atoms with Crippen molar-refractivity contribution in [3.8, 4) is 0 Å². The van der Waals surface area contributed by atoms with E-state index in [1.165, 1.54) is 0 Å². The molecule has 0 aliphatic carbocycles. The number of amides is 1. The zero-order valence-corrected chi connectivity index (χ0v) is 9.08. The van der Waals surface area contributed by atoms with Crippen molar-refractivity contribution < 1.29 is 19.4 Å². The summed E-state index contributed by atoms with van der Waals surface area (Å²) >= 11 is 0. The Bertz CT molecular complexity index is 258. The Morgan fingerprint density at radius 3 is 2.47 bits per heavy atom. The van der Waals surface area contributed by atoms with E-state index in [1.807, 2.05) is 0 Å². The van der Waals surface area contributed by atoms with Gasteiger partial charge in [-0.25, -0.2) is 0 Å². The summed E-state index contributed by atoms with van der Waals surface area (Å²) in [6, 6.07) is 0. The molecule has 2 N–H and O–H groups in total. The largest absolute Gasteiger partial charge is 0.481 e. The lowest BCUT2D eigenvalue weighted by molar-refractivity contribution is -0.146. The molecule has 0 aromatic carbocycles. The first-order chi connectivity index (χ1) is 6.92. The van der Waals surface area contributed by atoms with Crippen molar-refractivity contribution in [2.24, 2.45) is 11.3 Å². The molecule has 0 radical (unpaired) electrons. The molecule has 5 nitrogen and oxygen atoms in total. The molecule has 1 heterocycles. The van der Waals surface area contributed by atoms with Gasteiger partial charge in [-0.15, -0.1) is 0 Å². The molecule has 0 bridgehead atoms. The third-order valence-corrected chi connectivity index (χ3v) is 2.49. The normalized spacial score (nSPS) is 16.9. The number of carboxylic acids is 1. The smallest absolute Gasteiger partial charge is 0.310 e. The van der Waals surface area contributed by atoms with Gasteiger partial charge in [0.1, 0.15) is 0 Å². The Kier molecular flexibility index (Phi) is 3.68. The molecule has 1 rings (SSSR count). The molecule has 0 atom stereocenters. The van der Waals surface area contributed by atoms with Crippen LogP contribution in [0.3, 0.4) is 0 Å². The van der Waals surface area contributed by atoms with Gasteiger partial charge >= 0.3 is 5.97 Å². The van der Waals surface area contributed by atoms with Crippen LogP contribution in [0.4, 0.5) is 0 Å². The minimum absolute atomic E-state index is 0.0994.